The van der Waals surface area contributed by atoms with Gasteiger partial charge in [-0.15, -0.1) is 11.6 Å². The number of ether oxygens (including phenoxy) is 1. The zero-order valence-corrected chi connectivity index (χ0v) is 10.6. The molecule has 0 bridgehead atoms. The highest BCUT2D eigenvalue weighted by molar-refractivity contribution is 6.22. The van der Waals surface area contributed by atoms with Gasteiger partial charge < -0.3 is 9.15 Å². The Morgan fingerprint density at radius 1 is 1.42 bits per heavy atom. The first-order valence-corrected chi connectivity index (χ1v) is 5.68. The minimum absolute atomic E-state index is 0.109. The number of halogens is 2. The van der Waals surface area contributed by atoms with Crippen molar-refractivity contribution in [2.24, 2.45) is 0 Å². The summed E-state index contributed by atoms with van der Waals surface area (Å²) in [6.45, 7) is 0. The molecule has 1 aromatic heterocycles. The van der Waals surface area contributed by atoms with Gasteiger partial charge >= 0.3 is 5.88 Å². The average molecular weight is 286 g/mol. The third kappa shape index (κ3) is 2.68. The van der Waals surface area contributed by atoms with Crippen LogP contribution in [0.3, 0.4) is 0 Å². The molecule has 2 rings (SSSR count). The highest BCUT2D eigenvalue weighted by Gasteiger charge is 2.22. The molecule has 19 heavy (non-hydrogen) atoms. The van der Waals surface area contributed by atoms with Crippen LogP contribution in [0.25, 0.3) is 0 Å². The van der Waals surface area contributed by atoms with Gasteiger partial charge in [0.05, 0.1) is 13.2 Å². The van der Waals surface area contributed by atoms with E-state index in [2.05, 4.69) is 0 Å². The number of rotatable bonds is 4. The summed E-state index contributed by atoms with van der Waals surface area (Å²) in [5, 5.41) is 9.56. The molecule has 0 spiro atoms. The van der Waals surface area contributed by atoms with Gasteiger partial charge in [-0.25, -0.2) is 4.39 Å². The molecule has 1 aromatic carbocycles. The molecule has 0 aliphatic heterocycles. The molecule has 0 saturated carbocycles. The van der Waals surface area contributed by atoms with Crippen molar-refractivity contribution in [2.75, 3.05) is 7.11 Å². The van der Waals surface area contributed by atoms with E-state index in [4.69, 9.17) is 20.8 Å². The maximum atomic E-state index is 13.8. The maximum absolute atomic E-state index is 13.8. The van der Waals surface area contributed by atoms with Crippen molar-refractivity contribution < 1.29 is 18.5 Å². The van der Waals surface area contributed by atoms with Gasteiger partial charge in [-0.3, -0.25) is 10.1 Å². The Labute approximate surface area is 112 Å². The Morgan fingerprint density at radius 2 is 2.16 bits per heavy atom. The molecule has 0 N–H and O–H groups in total. The van der Waals surface area contributed by atoms with Crippen LogP contribution in [-0.2, 0) is 0 Å². The van der Waals surface area contributed by atoms with Gasteiger partial charge in [0.2, 0.25) is 0 Å². The van der Waals surface area contributed by atoms with Gasteiger partial charge in [-0.05, 0) is 12.1 Å². The molecule has 5 nitrogen and oxygen atoms in total. The van der Waals surface area contributed by atoms with E-state index in [1.54, 1.807) is 6.07 Å². The summed E-state index contributed by atoms with van der Waals surface area (Å²) >= 11 is 6.05. The molecular weight excluding hydrogens is 277 g/mol. The third-order valence-corrected chi connectivity index (χ3v) is 2.97. The number of nitrogens with zero attached hydrogens (tertiary/aromatic N) is 1. The van der Waals surface area contributed by atoms with Crippen LogP contribution in [-0.4, -0.2) is 12.0 Å². The predicted molar refractivity (Wildman–Crippen MR) is 66.0 cm³/mol. The number of benzene rings is 1. The quantitative estimate of drug-likeness (QED) is 0.488. The summed E-state index contributed by atoms with van der Waals surface area (Å²) in [5.41, 5.74) is 0.159. The molecular formula is C12H9ClFNO4. The smallest absolute Gasteiger partial charge is 0.433 e. The van der Waals surface area contributed by atoms with Crippen LogP contribution in [0.1, 0.15) is 16.7 Å². The van der Waals surface area contributed by atoms with E-state index >= 15 is 0 Å². The van der Waals surface area contributed by atoms with Crippen LogP contribution in [0.4, 0.5) is 10.3 Å². The summed E-state index contributed by atoms with van der Waals surface area (Å²) in [6, 6.07) is 6.69. The molecule has 7 heteroatoms. The predicted octanol–water partition coefficient (Wildman–Crippen LogP) is 3.66. The molecule has 100 valence electrons. The van der Waals surface area contributed by atoms with Gasteiger partial charge in [-0.2, -0.15) is 0 Å². The van der Waals surface area contributed by atoms with Crippen molar-refractivity contribution in [1.82, 2.24) is 0 Å². The van der Waals surface area contributed by atoms with Crippen LogP contribution in [0.2, 0.25) is 0 Å². The lowest BCUT2D eigenvalue weighted by molar-refractivity contribution is -0.402. The number of furan rings is 1. The molecule has 0 aliphatic rings. The molecule has 0 saturated heterocycles. The zero-order chi connectivity index (χ0) is 14.0. The monoisotopic (exact) mass is 285 g/mol. The fourth-order valence-corrected chi connectivity index (χ4v) is 1.86. The third-order valence-electron chi connectivity index (χ3n) is 2.52. The number of hydrogen-bond acceptors (Lipinski definition) is 4. The second-order valence-electron chi connectivity index (χ2n) is 3.68. The van der Waals surface area contributed by atoms with Crippen molar-refractivity contribution >= 4 is 17.5 Å². The molecule has 0 amide bonds. The van der Waals surface area contributed by atoms with Gasteiger partial charge in [0.15, 0.2) is 0 Å². The Hall–Kier alpha value is -2.08. The maximum Gasteiger partial charge on any atom is 0.433 e. The Kier molecular flexibility index (Phi) is 3.71. The van der Waals surface area contributed by atoms with Crippen molar-refractivity contribution in [2.45, 2.75) is 5.38 Å². The minimum Gasteiger partial charge on any atom is -0.497 e. The highest BCUT2D eigenvalue weighted by Crippen LogP contribution is 2.34. The van der Waals surface area contributed by atoms with Crippen LogP contribution in [0, 0.1) is 15.9 Å². The van der Waals surface area contributed by atoms with E-state index in [1.165, 1.54) is 31.4 Å². The molecule has 2 aromatic rings. The van der Waals surface area contributed by atoms with Gasteiger partial charge in [0.1, 0.15) is 27.6 Å². The van der Waals surface area contributed by atoms with E-state index in [9.17, 15) is 14.5 Å². The largest absolute Gasteiger partial charge is 0.497 e. The topological polar surface area (TPSA) is 65.5 Å². The van der Waals surface area contributed by atoms with E-state index in [0.717, 1.165) is 0 Å². The Balaban J connectivity index is 2.32. The van der Waals surface area contributed by atoms with E-state index in [1.807, 2.05) is 0 Å². The Bertz CT molecular complexity index is 614. The fraction of sp³-hybridized carbons (Fsp3) is 0.167. The van der Waals surface area contributed by atoms with Gasteiger partial charge in [-0.1, -0.05) is 6.07 Å². The van der Waals surface area contributed by atoms with Crippen molar-refractivity contribution in [3.05, 3.63) is 57.6 Å². The van der Waals surface area contributed by atoms with Crippen LogP contribution < -0.4 is 4.74 Å². The van der Waals surface area contributed by atoms with Gasteiger partial charge in [0, 0.05) is 11.6 Å². The molecule has 1 atom stereocenters. The lowest BCUT2D eigenvalue weighted by atomic mass is 10.1. The summed E-state index contributed by atoms with van der Waals surface area (Å²) < 4.78 is 23.6. The van der Waals surface area contributed by atoms with E-state index < -0.39 is 22.0 Å². The summed E-state index contributed by atoms with van der Waals surface area (Å²) in [6.07, 6.45) is 0. The highest BCUT2D eigenvalue weighted by atomic mass is 35.5. The summed E-state index contributed by atoms with van der Waals surface area (Å²) in [7, 11) is 1.42. The molecule has 0 fully saturated rings. The van der Waals surface area contributed by atoms with Gasteiger partial charge in [0.25, 0.3) is 0 Å². The number of nitro groups is 1. The SMILES string of the molecule is COc1ccc(C(Cl)c2ccc([N+](=O)[O-])o2)c(F)c1. The van der Waals surface area contributed by atoms with Crippen LogP contribution in [0.15, 0.2) is 34.7 Å². The molecule has 0 radical (unpaired) electrons. The molecule has 1 unspecified atom stereocenters. The minimum atomic E-state index is -0.945. The van der Waals surface area contributed by atoms with Crippen molar-refractivity contribution in [1.29, 1.82) is 0 Å². The van der Waals surface area contributed by atoms with E-state index in [0.29, 0.717) is 5.75 Å². The second-order valence-corrected chi connectivity index (χ2v) is 4.12. The summed E-state index contributed by atoms with van der Waals surface area (Å²) in [5.74, 6) is -0.541. The first-order valence-electron chi connectivity index (χ1n) is 5.24. The number of hydrogen-bond donors (Lipinski definition) is 0. The average Bonchev–Trinajstić information content (AvgIpc) is 2.87. The number of alkyl halides is 1. The fourth-order valence-electron chi connectivity index (χ4n) is 1.57. The van der Waals surface area contributed by atoms with Crippen LogP contribution >= 0.6 is 11.6 Å². The first kappa shape index (κ1) is 13.4. The van der Waals surface area contributed by atoms with Crippen molar-refractivity contribution in [3.63, 3.8) is 0 Å². The first-order chi connectivity index (χ1) is 9.02. The Morgan fingerprint density at radius 3 is 2.68 bits per heavy atom. The summed E-state index contributed by atoms with van der Waals surface area (Å²) in [4.78, 5) is 9.82. The van der Waals surface area contributed by atoms with Crippen LogP contribution in [0.5, 0.6) is 5.75 Å². The zero-order valence-electron chi connectivity index (χ0n) is 9.80. The normalized spacial score (nSPS) is 12.2. The number of methoxy groups -OCH3 is 1. The lowest BCUT2D eigenvalue weighted by Gasteiger charge is -2.09. The second kappa shape index (κ2) is 5.27. The van der Waals surface area contributed by atoms with Crippen molar-refractivity contribution in [3.8, 4) is 5.75 Å². The van der Waals surface area contributed by atoms with E-state index in [-0.39, 0.29) is 11.3 Å². The molecule has 1 heterocycles. The lowest BCUT2D eigenvalue weighted by Crippen LogP contribution is -1.96. The standard InChI is InChI=1S/C12H9ClFNO4/c1-18-7-2-3-8(9(14)6-7)12(13)10-4-5-11(19-10)15(16)17/h2-6,12H,1H3. The molecule has 0 aliphatic carbocycles.